The van der Waals surface area contributed by atoms with Crippen molar-refractivity contribution in [3.8, 4) is 0 Å². The molecule has 0 N–H and O–H groups in total. The Labute approximate surface area is 89.4 Å². The van der Waals surface area contributed by atoms with Crippen LogP contribution in [0.25, 0.3) is 5.57 Å². The molecule has 0 aliphatic carbocycles. The highest BCUT2D eigenvalue weighted by molar-refractivity contribution is 6.67. The van der Waals surface area contributed by atoms with Gasteiger partial charge in [0, 0.05) is 5.56 Å². The molecule has 0 radical (unpaired) electrons. The monoisotopic (exact) mass is 208 g/mol. The second-order valence-corrected chi connectivity index (χ2v) is 3.36. The Hall–Kier alpha value is -1.08. The van der Waals surface area contributed by atoms with Crippen LogP contribution in [0.2, 0.25) is 0 Å². The van der Waals surface area contributed by atoms with Gasteiger partial charge in [-0.25, -0.2) is 0 Å². The minimum absolute atomic E-state index is 0.407. The highest BCUT2D eigenvalue weighted by Gasteiger charge is 2.02. The van der Waals surface area contributed by atoms with Crippen LogP contribution in [0.5, 0.6) is 0 Å². The van der Waals surface area contributed by atoms with E-state index in [0.717, 1.165) is 12.0 Å². The van der Waals surface area contributed by atoms with Crippen molar-refractivity contribution in [2.24, 2.45) is 0 Å². The third-order valence-corrected chi connectivity index (χ3v) is 2.43. The van der Waals surface area contributed by atoms with Crippen molar-refractivity contribution < 1.29 is 4.79 Å². The molecule has 2 heteroatoms. The summed E-state index contributed by atoms with van der Waals surface area (Å²) in [5.74, 6) is 0. The molecule has 0 aliphatic heterocycles. The first kappa shape index (κ1) is 11.0. The standard InChI is InChI=1S/C12H13ClO/c1-3-9(4-2)10-5-7-11(8-6-10)12(13)14/h3,5-8H,4H2,1-2H3. The summed E-state index contributed by atoms with van der Waals surface area (Å²) in [6, 6.07) is 7.36. The van der Waals surface area contributed by atoms with Crippen molar-refractivity contribution >= 4 is 22.4 Å². The molecule has 0 atom stereocenters. The smallest absolute Gasteiger partial charge is 0.252 e. The molecule has 0 saturated heterocycles. The maximum Gasteiger partial charge on any atom is 0.252 e. The van der Waals surface area contributed by atoms with Gasteiger partial charge >= 0.3 is 0 Å². The quantitative estimate of drug-likeness (QED) is 0.689. The predicted octanol–water partition coefficient (Wildman–Crippen LogP) is 3.88. The Morgan fingerprint density at radius 2 is 1.79 bits per heavy atom. The zero-order valence-electron chi connectivity index (χ0n) is 8.38. The van der Waals surface area contributed by atoms with E-state index in [1.54, 1.807) is 12.1 Å². The Balaban J connectivity index is 2.99. The van der Waals surface area contributed by atoms with Gasteiger partial charge < -0.3 is 0 Å². The first-order valence-corrected chi connectivity index (χ1v) is 5.02. The second kappa shape index (κ2) is 4.97. The second-order valence-electron chi connectivity index (χ2n) is 3.02. The highest BCUT2D eigenvalue weighted by atomic mass is 35.5. The molecule has 1 rings (SSSR count). The number of benzene rings is 1. The van der Waals surface area contributed by atoms with E-state index in [-0.39, 0.29) is 0 Å². The van der Waals surface area contributed by atoms with Crippen molar-refractivity contribution in [1.82, 2.24) is 0 Å². The molecule has 1 nitrogen and oxygen atoms in total. The molecule has 0 fully saturated rings. The van der Waals surface area contributed by atoms with Gasteiger partial charge in [-0.3, -0.25) is 4.79 Å². The molecule has 14 heavy (non-hydrogen) atoms. The van der Waals surface area contributed by atoms with E-state index < -0.39 is 5.24 Å². The Morgan fingerprint density at radius 1 is 1.29 bits per heavy atom. The van der Waals surface area contributed by atoms with Gasteiger partial charge in [0.15, 0.2) is 0 Å². The number of carbonyl (C=O) groups excluding carboxylic acids is 1. The lowest BCUT2D eigenvalue weighted by Crippen LogP contribution is -1.89. The molecule has 0 spiro atoms. The summed E-state index contributed by atoms with van der Waals surface area (Å²) in [7, 11) is 0. The Bertz CT molecular complexity index is 349. The minimum Gasteiger partial charge on any atom is -0.276 e. The average molecular weight is 209 g/mol. The van der Waals surface area contributed by atoms with Crippen LogP contribution in [0.3, 0.4) is 0 Å². The molecule has 0 bridgehead atoms. The van der Waals surface area contributed by atoms with E-state index in [1.807, 2.05) is 19.1 Å². The maximum atomic E-state index is 10.8. The van der Waals surface area contributed by atoms with Gasteiger partial charge in [0.1, 0.15) is 0 Å². The molecule has 0 unspecified atom stereocenters. The Morgan fingerprint density at radius 3 is 2.14 bits per heavy atom. The average Bonchev–Trinajstić information content (AvgIpc) is 2.20. The van der Waals surface area contributed by atoms with Crippen molar-refractivity contribution in [3.05, 3.63) is 41.5 Å². The van der Waals surface area contributed by atoms with Crippen LogP contribution in [0, 0.1) is 0 Å². The highest BCUT2D eigenvalue weighted by Crippen LogP contribution is 2.18. The van der Waals surface area contributed by atoms with Gasteiger partial charge in [-0.2, -0.15) is 0 Å². The van der Waals surface area contributed by atoms with Gasteiger partial charge in [-0.1, -0.05) is 25.1 Å². The molecule has 0 heterocycles. The molecule has 1 aromatic rings. The lowest BCUT2D eigenvalue weighted by molar-refractivity contribution is 0.108. The van der Waals surface area contributed by atoms with Crippen LogP contribution in [-0.2, 0) is 0 Å². The number of halogens is 1. The number of allylic oxidation sites excluding steroid dienone is 2. The van der Waals surface area contributed by atoms with Gasteiger partial charge in [0.2, 0.25) is 0 Å². The number of hydrogen-bond acceptors (Lipinski definition) is 1. The van der Waals surface area contributed by atoms with E-state index >= 15 is 0 Å². The number of hydrogen-bond donors (Lipinski definition) is 0. The first-order valence-electron chi connectivity index (χ1n) is 4.64. The topological polar surface area (TPSA) is 17.1 Å². The molecule has 74 valence electrons. The van der Waals surface area contributed by atoms with Gasteiger partial charge in [0.05, 0.1) is 0 Å². The zero-order valence-corrected chi connectivity index (χ0v) is 9.14. The van der Waals surface area contributed by atoms with E-state index in [4.69, 9.17) is 11.6 Å². The van der Waals surface area contributed by atoms with E-state index in [2.05, 4.69) is 13.0 Å². The summed E-state index contributed by atoms with van der Waals surface area (Å²) in [5, 5.41) is -0.407. The largest absolute Gasteiger partial charge is 0.276 e. The van der Waals surface area contributed by atoms with Crippen molar-refractivity contribution in [3.63, 3.8) is 0 Å². The molecule has 1 aromatic carbocycles. The fourth-order valence-corrected chi connectivity index (χ4v) is 1.52. The molecule has 0 aliphatic rings. The normalized spacial score (nSPS) is 11.5. The van der Waals surface area contributed by atoms with Crippen LogP contribution >= 0.6 is 11.6 Å². The molecular weight excluding hydrogens is 196 g/mol. The fourth-order valence-electron chi connectivity index (χ4n) is 1.39. The van der Waals surface area contributed by atoms with E-state index in [0.29, 0.717) is 5.56 Å². The van der Waals surface area contributed by atoms with Crippen LogP contribution < -0.4 is 0 Å². The van der Waals surface area contributed by atoms with Crippen LogP contribution in [0.4, 0.5) is 0 Å². The van der Waals surface area contributed by atoms with Crippen molar-refractivity contribution in [1.29, 1.82) is 0 Å². The maximum absolute atomic E-state index is 10.8. The summed E-state index contributed by atoms with van der Waals surface area (Å²) >= 11 is 5.35. The summed E-state index contributed by atoms with van der Waals surface area (Å²) in [5.41, 5.74) is 2.97. The molecular formula is C12H13ClO. The lowest BCUT2D eigenvalue weighted by atomic mass is 10.0. The van der Waals surface area contributed by atoms with Crippen LogP contribution in [0.15, 0.2) is 30.3 Å². The summed E-state index contributed by atoms with van der Waals surface area (Å²) in [4.78, 5) is 10.8. The zero-order chi connectivity index (χ0) is 10.6. The van der Waals surface area contributed by atoms with Gasteiger partial charge in [-0.05, 0) is 48.2 Å². The molecule has 0 amide bonds. The fraction of sp³-hybridized carbons (Fsp3) is 0.250. The minimum atomic E-state index is -0.407. The van der Waals surface area contributed by atoms with E-state index in [9.17, 15) is 4.79 Å². The van der Waals surface area contributed by atoms with E-state index in [1.165, 1.54) is 5.57 Å². The number of rotatable bonds is 3. The lowest BCUT2D eigenvalue weighted by Gasteiger charge is -2.04. The Kier molecular flexibility index (Phi) is 3.90. The van der Waals surface area contributed by atoms with Crippen LogP contribution in [0.1, 0.15) is 36.2 Å². The van der Waals surface area contributed by atoms with Gasteiger partial charge in [0.25, 0.3) is 5.24 Å². The van der Waals surface area contributed by atoms with Crippen molar-refractivity contribution in [2.45, 2.75) is 20.3 Å². The molecule has 0 saturated carbocycles. The van der Waals surface area contributed by atoms with Crippen molar-refractivity contribution in [2.75, 3.05) is 0 Å². The number of carbonyl (C=O) groups is 1. The predicted molar refractivity (Wildman–Crippen MR) is 60.6 cm³/mol. The third-order valence-electron chi connectivity index (χ3n) is 2.21. The SMILES string of the molecule is CC=C(CC)c1ccc(C(=O)Cl)cc1. The van der Waals surface area contributed by atoms with Crippen LogP contribution in [-0.4, -0.2) is 5.24 Å². The first-order chi connectivity index (χ1) is 6.69. The third kappa shape index (κ3) is 2.46. The van der Waals surface area contributed by atoms with Gasteiger partial charge in [-0.15, -0.1) is 0 Å². The summed E-state index contributed by atoms with van der Waals surface area (Å²) < 4.78 is 0. The summed E-state index contributed by atoms with van der Waals surface area (Å²) in [6.45, 7) is 4.12. The molecule has 0 aromatic heterocycles. The summed E-state index contributed by atoms with van der Waals surface area (Å²) in [6.07, 6.45) is 3.07.